The molecule has 1 amide bonds. The molecule has 2 rings (SSSR count). The van der Waals surface area contributed by atoms with Gasteiger partial charge < -0.3 is 15.7 Å². The lowest BCUT2D eigenvalue weighted by Crippen LogP contribution is -2.43. The monoisotopic (exact) mass is 290 g/mol. The first-order chi connectivity index (χ1) is 9.99. The summed E-state index contributed by atoms with van der Waals surface area (Å²) in [4.78, 5) is 25.0. The van der Waals surface area contributed by atoms with Crippen molar-refractivity contribution in [3.05, 3.63) is 35.9 Å². The summed E-state index contributed by atoms with van der Waals surface area (Å²) in [5.41, 5.74) is 7.13. The van der Waals surface area contributed by atoms with Gasteiger partial charge in [-0.2, -0.15) is 0 Å². The van der Waals surface area contributed by atoms with E-state index >= 15 is 0 Å². The summed E-state index contributed by atoms with van der Waals surface area (Å²) in [6.07, 6.45) is 1.32. The first kappa shape index (κ1) is 15.5. The average molecular weight is 290 g/mol. The molecule has 5 nitrogen and oxygen atoms in total. The number of hydrogen-bond donors (Lipinski definition) is 2. The fourth-order valence-electron chi connectivity index (χ4n) is 2.79. The second-order valence-corrected chi connectivity index (χ2v) is 5.80. The quantitative estimate of drug-likeness (QED) is 0.851. The zero-order valence-electron chi connectivity index (χ0n) is 12.2. The van der Waals surface area contributed by atoms with E-state index in [0.717, 1.165) is 12.0 Å². The number of carboxylic acid groups (broad SMARTS) is 1. The van der Waals surface area contributed by atoms with Gasteiger partial charge in [0, 0.05) is 13.1 Å². The Morgan fingerprint density at radius 3 is 2.57 bits per heavy atom. The Labute approximate surface area is 124 Å². The zero-order valence-corrected chi connectivity index (χ0v) is 12.2. The lowest BCUT2D eigenvalue weighted by Gasteiger charge is -2.20. The number of carbonyl (C=O) groups excluding carboxylic acids is 1. The molecule has 114 valence electrons. The molecule has 1 aromatic rings. The van der Waals surface area contributed by atoms with Crippen molar-refractivity contribution in [3.8, 4) is 0 Å². The van der Waals surface area contributed by atoms with E-state index in [0.29, 0.717) is 13.0 Å². The van der Waals surface area contributed by atoms with Gasteiger partial charge in [0.2, 0.25) is 5.91 Å². The van der Waals surface area contributed by atoms with Crippen molar-refractivity contribution in [1.82, 2.24) is 4.90 Å². The van der Waals surface area contributed by atoms with Gasteiger partial charge in [0.25, 0.3) is 0 Å². The molecule has 3 N–H and O–H groups in total. The number of aliphatic carboxylic acids is 1. The van der Waals surface area contributed by atoms with Crippen LogP contribution in [0.3, 0.4) is 0 Å². The average Bonchev–Trinajstić information content (AvgIpc) is 2.87. The molecule has 1 aliphatic rings. The van der Waals surface area contributed by atoms with E-state index < -0.39 is 17.9 Å². The number of amides is 1. The summed E-state index contributed by atoms with van der Waals surface area (Å²) in [6, 6.07) is 9.33. The molecule has 3 unspecified atom stereocenters. The molecule has 1 heterocycles. The van der Waals surface area contributed by atoms with Gasteiger partial charge in [-0.15, -0.1) is 0 Å². The van der Waals surface area contributed by atoms with Crippen LogP contribution in [0.1, 0.15) is 18.9 Å². The standard InChI is InChI=1S/C16H22N2O3/c1-11-9-18(10-13(11)16(20)21)15(19)14(17)8-7-12-5-3-2-4-6-12/h2-6,11,13-14H,7-10,17H2,1H3,(H,20,21). The van der Waals surface area contributed by atoms with E-state index in [-0.39, 0.29) is 18.4 Å². The third-order valence-electron chi connectivity index (χ3n) is 4.15. The molecule has 0 aromatic heterocycles. The van der Waals surface area contributed by atoms with E-state index in [4.69, 9.17) is 10.8 Å². The third kappa shape index (κ3) is 3.82. The fourth-order valence-corrected chi connectivity index (χ4v) is 2.79. The molecular formula is C16H22N2O3. The normalized spacial score (nSPS) is 23.0. The number of hydrogen-bond acceptors (Lipinski definition) is 3. The molecule has 0 saturated carbocycles. The minimum absolute atomic E-state index is 0.0206. The van der Waals surface area contributed by atoms with Crippen molar-refractivity contribution in [2.24, 2.45) is 17.6 Å². The van der Waals surface area contributed by atoms with Crippen molar-refractivity contribution in [2.45, 2.75) is 25.8 Å². The van der Waals surface area contributed by atoms with Gasteiger partial charge in [-0.3, -0.25) is 9.59 Å². The van der Waals surface area contributed by atoms with Gasteiger partial charge in [-0.05, 0) is 24.3 Å². The van der Waals surface area contributed by atoms with Gasteiger partial charge in [0.05, 0.1) is 12.0 Å². The molecule has 1 aliphatic heterocycles. The topological polar surface area (TPSA) is 83.6 Å². The number of nitrogens with two attached hydrogens (primary N) is 1. The maximum atomic E-state index is 12.3. The molecular weight excluding hydrogens is 268 g/mol. The second-order valence-electron chi connectivity index (χ2n) is 5.80. The molecule has 1 fully saturated rings. The number of rotatable bonds is 5. The van der Waals surface area contributed by atoms with Crippen LogP contribution in [-0.4, -0.2) is 41.0 Å². The van der Waals surface area contributed by atoms with Crippen molar-refractivity contribution >= 4 is 11.9 Å². The van der Waals surface area contributed by atoms with Crippen LogP contribution in [0, 0.1) is 11.8 Å². The predicted molar refractivity (Wildman–Crippen MR) is 79.6 cm³/mol. The number of aryl methyl sites for hydroxylation is 1. The number of benzene rings is 1. The summed E-state index contributed by atoms with van der Waals surface area (Å²) in [6.45, 7) is 2.62. The highest BCUT2D eigenvalue weighted by Crippen LogP contribution is 2.23. The highest BCUT2D eigenvalue weighted by atomic mass is 16.4. The van der Waals surface area contributed by atoms with Crippen molar-refractivity contribution in [1.29, 1.82) is 0 Å². The third-order valence-corrected chi connectivity index (χ3v) is 4.15. The summed E-state index contributed by atoms with van der Waals surface area (Å²) in [5.74, 6) is -1.47. The van der Waals surface area contributed by atoms with E-state index in [1.165, 1.54) is 0 Å². The van der Waals surface area contributed by atoms with Crippen molar-refractivity contribution < 1.29 is 14.7 Å². The Balaban J connectivity index is 1.87. The SMILES string of the molecule is CC1CN(C(=O)C(N)CCc2ccccc2)CC1C(=O)O. The van der Waals surface area contributed by atoms with Gasteiger partial charge in [-0.1, -0.05) is 37.3 Å². The van der Waals surface area contributed by atoms with Crippen LogP contribution in [-0.2, 0) is 16.0 Å². The number of likely N-dealkylation sites (tertiary alicyclic amines) is 1. The summed E-state index contributed by atoms with van der Waals surface area (Å²) < 4.78 is 0. The fraction of sp³-hybridized carbons (Fsp3) is 0.500. The molecule has 0 aliphatic carbocycles. The summed E-state index contributed by atoms with van der Waals surface area (Å²) in [7, 11) is 0. The highest BCUT2D eigenvalue weighted by molar-refractivity contribution is 5.83. The first-order valence-corrected chi connectivity index (χ1v) is 7.30. The van der Waals surface area contributed by atoms with Crippen LogP contribution < -0.4 is 5.73 Å². The highest BCUT2D eigenvalue weighted by Gasteiger charge is 2.38. The van der Waals surface area contributed by atoms with Gasteiger partial charge >= 0.3 is 5.97 Å². The molecule has 5 heteroatoms. The first-order valence-electron chi connectivity index (χ1n) is 7.30. The molecule has 3 atom stereocenters. The van der Waals surface area contributed by atoms with Gasteiger partial charge in [0.15, 0.2) is 0 Å². The summed E-state index contributed by atoms with van der Waals surface area (Å²) >= 11 is 0. The Hall–Kier alpha value is -1.88. The van der Waals surface area contributed by atoms with Crippen molar-refractivity contribution in [2.75, 3.05) is 13.1 Å². The minimum Gasteiger partial charge on any atom is -0.481 e. The Bertz CT molecular complexity index is 504. The van der Waals surface area contributed by atoms with Crippen LogP contribution in [0.15, 0.2) is 30.3 Å². The van der Waals surface area contributed by atoms with Crippen LogP contribution >= 0.6 is 0 Å². The largest absolute Gasteiger partial charge is 0.481 e. The maximum Gasteiger partial charge on any atom is 0.308 e. The van der Waals surface area contributed by atoms with Crippen molar-refractivity contribution in [3.63, 3.8) is 0 Å². The molecule has 1 aromatic carbocycles. The number of nitrogens with zero attached hydrogens (tertiary/aromatic N) is 1. The van der Waals surface area contributed by atoms with Crippen LogP contribution in [0.5, 0.6) is 0 Å². The second kappa shape index (κ2) is 6.72. The Morgan fingerprint density at radius 2 is 2.00 bits per heavy atom. The predicted octanol–water partition coefficient (Wildman–Crippen LogP) is 1.13. The van der Waals surface area contributed by atoms with Crippen LogP contribution in [0.25, 0.3) is 0 Å². The van der Waals surface area contributed by atoms with E-state index in [1.54, 1.807) is 4.90 Å². The molecule has 0 bridgehead atoms. The van der Waals surface area contributed by atoms with Gasteiger partial charge in [-0.25, -0.2) is 0 Å². The zero-order chi connectivity index (χ0) is 15.4. The maximum absolute atomic E-state index is 12.3. The Kier molecular flexibility index (Phi) is 4.96. The minimum atomic E-state index is -0.837. The number of carbonyl (C=O) groups is 2. The van der Waals surface area contributed by atoms with E-state index in [9.17, 15) is 9.59 Å². The molecule has 1 saturated heterocycles. The van der Waals surface area contributed by atoms with E-state index in [1.807, 2.05) is 37.3 Å². The molecule has 0 radical (unpaired) electrons. The van der Waals surface area contributed by atoms with E-state index in [2.05, 4.69) is 0 Å². The van der Waals surface area contributed by atoms with Crippen LogP contribution in [0.4, 0.5) is 0 Å². The van der Waals surface area contributed by atoms with Gasteiger partial charge in [0.1, 0.15) is 0 Å². The lowest BCUT2D eigenvalue weighted by atomic mass is 9.99. The number of carboxylic acids is 1. The Morgan fingerprint density at radius 1 is 1.33 bits per heavy atom. The summed E-state index contributed by atoms with van der Waals surface area (Å²) in [5, 5.41) is 9.10. The smallest absolute Gasteiger partial charge is 0.308 e. The molecule has 21 heavy (non-hydrogen) atoms. The lowest BCUT2D eigenvalue weighted by molar-refractivity contribution is -0.142. The molecule has 0 spiro atoms. The van der Waals surface area contributed by atoms with Crippen LogP contribution in [0.2, 0.25) is 0 Å².